The number of likely N-dealkylation sites (tertiary alicyclic amines) is 1. The van der Waals surface area contributed by atoms with E-state index in [2.05, 4.69) is 15.5 Å². The van der Waals surface area contributed by atoms with Gasteiger partial charge in [-0.1, -0.05) is 0 Å². The molecule has 0 radical (unpaired) electrons. The summed E-state index contributed by atoms with van der Waals surface area (Å²) in [6, 6.07) is 0. The highest BCUT2D eigenvalue weighted by atomic mass is 16.2. The van der Waals surface area contributed by atoms with Crippen LogP contribution in [0.25, 0.3) is 0 Å². The van der Waals surface area contributed by atoms with Crippen LogP contribution >= 0.6 is 0 Å². The Bertz CT molecular complexity index is 332. The average molecular weight is 240 g/mol. The van der Waals surface area contributed by atoms with E-state index < -0.39 is 5.91 Å². The van der Waals surface area contributed by atoms with Gasteiger partial charge in [0.05, 0.1) is 12.1 Å². The molecule has 1 saturated heterocycles. The summed E-state index contributed by atoms with van der Waals surface area (Å²) in [7, 11) is 1.75. The summed E-state index contributed by atoms with van der Waals surface area (Å²) in [6.45, 7) is 3.39. The van der Waals surface area contributed by atoms with Crippen LogP contribution in [0.4, 0.5) is 0 Å². The van der Waals surface area contributed by atoms with Gasteiger partial charge in [0.2, 0.25) is 11.8 Å². The lowest BCUT2D eigenvalue weighted by molar-refractivity contribution is -0.118. The summed E-state index contributed by atoms with van der Waals surface area (Å²) in [6.07, 6.45) is 2.22. The molecule has 0 bridgehead atoms. The Labute approximate surface area is 101 Å². The fraction of sp³-hybridized carbons (Fsp3) is 0.636. The van der Waals surface area contributed by atoms with Gasteiger partial charge in [-0.3, -0.25) is 9.59 Å². The highest BCUT2D eigenvalue weighted by Crippen LogP contribution is 2.15. The number of hydrogen-bond donors (Lipinski definition) is 3. The minimum atomic E-state index is -0.505. The molecule has 6 heteroatoms. The van der Waals surface area contributed by atoms with Gasteiger partial charge >= 0.3 is 0 Å². The maximum Gasteiger partial charge on any atom is 0.250 e. The molecule has 6 nitrogen and oxygen atoms in total. The van der Waals surface area contributed by atoms with Gasteiger partial charge in [0.1, 0.15) is 5.82 Å². The standard InChI is InChI=1S/C11H20N4O2/c1-8(16)14-7-9(10(12)17)11(13-2)15-5-3-4-6-15/h13H,3-7H2,1-2H3,(H2,12,17)(H,14,16)/b11-9+. The molecule has 1 aliphatic rings. The van der Waals surface area contributed by atoms with Crippen LogP contribution in [0.2, 0.25) is 0 Å². The molecule has 0 saturated carbocycles. The molecule has 1 heterocycles. The summed E-state index contributed by atoms with van der Waals surface area (Å²) < 4.78 is 0. The molecule has 1 rings (SSSR count). The first-order valence-electron chi connectivity index (χ1n) is 5.76. The Morgan fingerprint density at radius 1 is 1.29 bits per heavy atom. The van der Waals surface area contributed by atoms with Gasteiger partial charge in [-0.2, -0.15) is 0 Å². The summed E-state index contributed by atoms with van der Waals surface area (Å²) in [5.41, 5.74) is 5.77. The lowest BCUT2D eigenvalue weighted by Crippen LogP contribution is -2.37. The number of carbonyl (C=O) groups excluding carboxylic acids is 2. The molecule has 0 aromatic heterocycles. The molecular formula is C11H20N4O2. The first-order valence-corrected chi connectivity index (χ1v) is 5.76. The van der Waals surface area contributed by atoms with Crippen LogP contribution in [0.5, 0.6) is 0 Å². The Balaban J connectivity index is 2.87. The summed E-state index contributed by atoms with van der Waals surface area (Å²) >= 11 is 0. The van der Waals surface area contributed by atoms with E-state index in [4.69, 9.17) is 5.73 Å². The second-order valence-electron chi connectivity index (χ2n) is 4.05. The van der Waals surface area contributed by atoms with Crippen molar-refractivity contribution in [2.45, 2.75) is 19.8 Å². The predicted octanol–water partition coefficient (Wildman–Crippen LogP) is -0.865. The van der Waals surface area contributed by atoms with Crippen molar-refractivity contribution in [3.63, 3.8) is 0 Å². The summed E-state index contributed by atoms with van der Waals surface area (Å²) in [5.74, 6) is 0.0411. The van der Waals surface area contributed by atoms with Crippen molar-refractivity contribution in [1.29, 1.82) is 0 Å². The van der Waals surface area contributed by atoms with Crippen molar-refractivity contribution < 1.29 is 9.59 Å². The SMILES string of the molecule is CN/C(=C(/CNC(C)=O)C(N)=O)N1CCCC1. The number of nitrogens with zero attached hydrogens (tertiary/aromatic N) is 1. The normalized spacial score (nSPS) is 16.5. The van der Waals surface area contributed by atoms with Gasteiger partial charge in [-0.15, -0.1) is 0 Å². The number of hydrogen-bond acceptors (Lipinski definition) is 4. The number of carbonyl (C=O) groups is 2. The highest BCUT2D eigenvalue weighted by Gasteiger charge is 2.20. The topological polar surface area (TPSA) is 87.5 Å². The van der Waals surface area contributed by atoms with Gasteiger partial charge in [0.25, 0.3) is 0 Å². The van der Waals surface area contributed by atoms with Crippen LogP contribution in [-0.2, 0) is 9.59 Å². The van der Waals surface area contributed by atoms with Crippen molar-refractivity contribution in [3.05, 3.63) is 11.4 Å². The zero-order chi connectivity index (χ0) is 12.8. The molecule has 0 aromatic carbocycles. The molecule has 0 atom stereocenters. The Morgan fingerprint density at radius 2 is 1.88 bits per heavy atom. The van der Waals surface area contributed by atoms with Crippen molar-refractivity contribution >= 4 is 11.8 Å². The van der Waals surface area contributed by atoms with E-state index in [-0.39, 0.29) is 12.5 Å². The third-order valence-electron chi connectivity index (χ3n) is 2.76. The van der Waals surface area contributed by atoms with E-state index >= 15 is 0 Å². The van der Waals surface area contributed by atoms with Gasteiger partial charge in [-0.05, 0) is 12.8 Å². The molecule has 0 spiro atoms. The molecule has 0 aromatic rings. The van der Waals surface area contributed by atoms with Crippen molar-refractivity contribution in [2.75, 3.05) is 26.7 Å². The lowest BCUT2D eigenvalue weighted by atomic mass is 10.2. The van der Waals surface area contributed by atoms with E-state index in [9.17, 15) is 9.59 Å². The largest absolute Gasteiger partial charge is 0.374 e. The van der Waals surface area contributed by atoms with E-state index in [1.807, 2.05) is 0 Å². The zero-order valence-corrected chi connectivity index (χ0v) is 10.4. The molecule has 0 unspecified atom stereocenters. The van der Waals surface area contributed by atoms with Crippen LogP contribution in [-0.4, -0.2) is 43.4 Å². The molecule has 1 fully saturated rings. The smallest absolute Gasteiger partial charge is 0.250 e. The minimum Gasteiger partial charge on any atom is -0.374 e. The van der Waals surface area contributed by atoms with Crippen LogP contribution in [0.15, 0.2) is 11.4 Å². The first kappa shape index (κ1) is 13.3. The van der Waals surface area contributed by atoms with E-state index in [1.54, 1.807) is 7.05 Å². The second kappa shape index (κ2) is 6.12. The van der Waals surface area contributed by atoms with Crippen LogP contribution in [0.1, 0.15) is 19.8 Å². The zero-order valence-electron chi connectivity index (χ0n) is 10.4. The van der Waals surface area contributed by atoms with Crippen LogP contribution in [0.3, 0.4) is 0 Å². The van der Waals surface area contributed by atoms with Crippen LogP contribution < -0.4 is 16.4 Å². The van der Waals surface area contributed by atoms with Crippen LogP contribution in [0, 0.1) is 0 Å². The number of primary amides is 1. The quantitative estimate of drug-likeness (QED) is 0.545. The van der Waals surface area contributed by atoms with E-state index in [1.165, 1.54) is 6.92 Å². The third-order valence-corrected chi connectivity index (χ3v) is 2.76. The highest BCUT2D eigenvalue weighted by molar-refractivity contribution is 5.93. The maximum atomic E-state index is 11.4. The minimum absolute atomic E-state index is 0.164. The molecule has 4 N–H and O–H groups in total. The number of rotatable bonds is 5. The molecule has 17 heavy (non-hydrogen) atoms. The van der Waals surface area contributed by atoms with Crippen molar-refractivity contribution in [2.24, 2.45) is 5.73 Å². The first-order chi connectivity index (χ1) is 8.06. The number of nitrogens with one attached hydrogen (secondary N) is 2. The maximum absolute atomic E-state index is 11.4. The fourth-order valence-electron chi connectivity index (χ4n) is 1.94. The van der Waals surface area contributed by atoms with Gasteiger partial charge in [0, 0.05) is 27.1 Å². The van der Waals surface area contributed by atoms with E-state index in [0.717, 1.165) is 31.8 Å². The van der Waals surface area contributed by atoms with Gasteiger partial charge in [-0.25, -0.2) is 0 Å². The second-order valence-corrected chi connectivity index (χ2v) is 4.05. The van der Waals surface area contributed by atoms with Crippen molar-refractivity contribution in [1.82, 2.24) is 15.5 Å². The molecule has 96 valence electrons. The molecule has 2 amide bonds. The fourth-order valence-corrected chi connectivity index (χ4v) is 1.94. The molecule has 1 aliphatic heterocycles. The Morgan fingerprint density at radius 3 is 2.29 bits per heavy atom. The molecular weight excluding hydrogens is 220 g/mol. The Hall–Kier alpha value is -1.72. The average Bonchev–Trinajstić information content (AvgIpc) is 2.76. The Kier molecular flexibility index (Phi) is 4.81. The predicted molar refractivity (Wildman–Crippen MR) is 64.8 cm³/mol. The molecule has 0 aliphatic carbocycles. The third kappa shape index (κ3) is 3.65. The summed E-state index contributed by atoms with van der Waals surface area (Å²) in [5, 5.41) is 5.60. The summed E-state index contributed by atoms with van der Waals surface area (Å²) in [4.78, 5) is 24.4. The van der Waals surface area contributed by atoms with E-state index in [0.29, 0.717) is 5.57 Å². The number of nitrogens with two attached hydrogens (primary N) is 1. The number of amides is 2. The lowest BCUT2D eigenvalue weighted by Gasteiger charge is -2.24. The van der Waals surface area contributed by atoms with Crippen molar-refractivity contribution in [3.8, 4) is 0 Å². The van der Waals surface area contributed by atoms with Gasteiger partial charge < -0.3 is 21.3 Å². The monoisotopic (exact) mass is 240 g/mol. The van der Waals surface area contributed by atoms with Gasteiger partial charge in [0.15, 0.2) is 0 Å².